The highest BCUT2D eigenvalue weighted by Crippen LogP contribution is 2.54. The predicted octanol–water partition coefficient (Wildman–Crippen LogP) is 5.20. The van der Waals surface area contributed by atoms with Crippen molar-refractivity contribution < 1.29 is 0 Å². The summed E-state index contributed by atoms with van der Waals surface area (Å²) >= 11 is 0. The molecule has 0 heterocycles. The Morgan fingerprint density at radius 3 is 2.86 bits per heavy atom. The van der Waals surface area contributed by atoms with E-state index < -0.39 is 0 Å². The summed E-state index contributed by atoms with van der Waals surface area (Å²) in [7, 11) is 0. The Kier molecular flexibility index (Phi) is 2.29. The Bertz CT molecular complexity index is 894. The van der Waals surface area contributed by atoms with Gasteiger partial charge in [-0.25, -0.2) is 0 Å². The van der Waals surface area contributed by atoms with Crippen molar-refractivity contribution in [2.45, 2.75) is 11.8 Å². The van der Waals surface area contributed by atoms with E-state index in [-0.39, 0.29) is 5.41 Å². The van der Waals surface area contributed by atoms with E-state index >= 15 is 0 Å². The van der Waals surface area contributed by atoms with Gasteiger partial charge in [-0.1, -0.05) is 85.0 Å². The molecule has 1 aromatic carbocycles. The van der Waals surface area contributed by atoms with Crippen LogP contribution in [0.2, 0.25) is 0 Å². The van der Waals surface area contributed by atoms with Gasteiger partial charge in [-0.2, -0.15) is 0 Å². The first-order valence-corrected chi connectivity index (χ1v) is 7.88. The molecule has 0 saturated carbocycles. The van der Waals surface area contributed by atoms with E-state index in [1.165, 1.54) is 33.4 Å². The topological polar surface area (TPSA) is 0 Å². The van der Waals surface area contributed by atoms with Gasteiger partial charge in [0.15, 0.2) is 0 Å². The van der Waals surface area contributed by atoms with Crippen LogP contribution in [-0.4, -0.2) is 0 Å². The second-order valence-corrected chi connectivity index (χ2v) is 6.14. The largest absolute Gasteiger partial charge is 0.0801 e. The molecule has 0 bridgehead atoms. The summed E-state index contributed by atoms with van der Waals surface area (Å²) in [4.78, 5) is 0. The maximum atomic E-state index is 2.36. The fourth-order valence-corrected chi connectivity index (χ4v) is 4.21. The predicted molar refractivity (Wildman–Crippen MR) is 92.4 cm³/mol. The van der Waals surface area contributed by atoms with Crippen LogP contribution in [0.15, 0.2) is 102 Å². The fraction of sp³-hybridized carbons (Fsp3) is 0.0909. The van der Waals surface area contributed by atoms with Crippen molar-refractivity contribution in [1.29, 1.82) is 0 Å². The molecule has 4 aliphatic rings. The molecule has 1 aromatic rings. The van der Waals surface area contributed by atoms with Crippen LogP contribution in [0, 0.1) is 0 Å². The van der Waals surface area contributed by atoms with E-state index in [0.717, 1.165) is 6.42 Å². The van der Waals surface area contributed by atoms with E-state index in [2.05, 4.69) is 85.0 Å². The molecule has 22 heavy (non-hydrogen) atoms. The molecular formula is C22H16. The van der Waals surface area contributed by atoms with E-state index in [4.69, 9.17) is 0 Å². The lowest BCUT2D eigenvalue weighted by atomic mass is 9.58. The maximum Gasteiger partial charge on any atom is 0.0647 e. The first-order chi connectivity index (χ1) is 10.9. The van der Waals surface area contributed by atoms with Crippen LogP contribution in [0.25, 0.3) is 5.57 Å². The van der Waals surface area contributed by atoms with Crippen LogP contribution in [0.1, 0.15) is 17.5 Å². The van der Waals surface area contributed by atoms with Gasteiger partial charge in [-0.3, -0.25) is 0 Å². The summed E-state index contributed by atoms with van der Waals surface area (Å²) < 4.78 is 0. The lowest BCUT2D eigenvalue weighted by Gasteiger charge is -2.44. The molecule has 0 amide bonds. The van der Waals surface area contributed by atoms with E-state index in [1.54, 1.807) is 0 Å². The lowest BCUT2D eigenvalue weighted by Crippen LogP contribution is -2.35. The molecule has 0 N–H and O–H groups in total. The number of hydrogen-bond acceptors (Lipinski definition) is 0. The molecule has 1 atom stereocenters. The molecule has 1 spiro atoms. The molecule has 0 fully saturated rings. The molecular weight excluding hydrogens is 264 g/mol. The van der Waals surface area contributed by atoms with Crippen molar-refractivity contribution >= 4 is 5.57 Å². The Morgan fingerprint density at radius 2 is 1.86 bits per heavy atom. The zero-order chi connectivity index (χ0) is 14.6. The molecule has 0 aliphatic heterocycles. The Hall–Kier alpha value is -2.60. The number of benzene rings is 1. The van der Waals surface area contributed by atoms with Crippen molar-refractivity contribution in [2.75, 3.05) is 0 Å². The van der Waals surface area contributed by atoms with Gasteiger partial charge in [0.1, 0.15) is 0 Å². The molecule has 0 aromatic heterocycles. The number of hydrogen-bond donors (Lipinski definition) is 0. The zero-order valence-corrected chi connectivity index (χ0v) is 12.3. The minimum atomic E-state index is -0.117. The van der Waals surface area contributed by atoms with Crippen molar-refractivity contribution in [3.63, 3.8) is 0 Å². The van der Waals surface area contributed by atoms with Crippen molar-refractivity contribution in [3.8, 4) is 0 Å². The summed E-state index contributed by atoms with van der Waals surface area (Å²) in [6.07, 6.45) is 23.6. The van der Waals surface area contributed by atoms with Gasteiger partial charge in [0.05, 0.1) is 5.41 Å². The molecule has 104 valence electrons. The monoisotopic (exact) mass is 280 g/mol. The molecule has 4 aliphatic carbocycles. The normalized spacial score (nSPS) is 26.7. The minimum Gasteiger partial charge on any atom is -0.0801 e. The zero-order valence-electron chi connectivity index (χ0n) is 12.3. The number of fused-ring (bicyclic) bond motifs is 3. The Balaban J connectivity index is 1.95. The van der Waals surface area contributed by atoms with Gasteiger partial charge in [0.25, 0.3) is 0 Å². The minimum absolute atomic E-state index is 0.117. The lowest BCUT2D eigenvalue weighted by molar-refractivity contribution is 0.748. The van der Waals surface area contributed by atoms with Gasteiger partial charge in [-0.05, 0) is 39.8 Å². The van der Waals surface area contributed by atoms with Crippen LogP contribution in [0.3, 0.4) is 0 Å². The van der Waals surface area contributed by atoms with Crippen LogP contribution >= 0.6 is 0 Å². The smallest absolute Gasteiger partial charge is 0.0647 e. The highest BCUT2D eigenvalue weighted by molar-refractivity contribution is 5.92. The van der Waals surface area contributed by atoms with Gasteiger partial charge in [0, 0.05) is 0 Å². The summed E-state index contributed by atoms with van der Waals surface area (Å²) in [6.45, 7) is 0. The van der Waals surface area contributed by atoms with Gasteiger partial charge in [-0.15, -0.1) is 0 Å². The summed E-state index contributed by atoms with van der Waals surface area (Å²) in [5.41, 5.74) is 8.23. The standard InChI is InChI=1S/C22H16/c1-2-11-19-17(10-1)18-12-3-4-13-20(18)22-15-6-5-8-16(22)9-7-14-21(19)22/h2-15H,1H2. The fourth-order valence-electron chi connectivity index (χ4n) is 4.21. The average Bonchev–Trinajstić information content (AvgIpc) is 2.61. The van der Waals surface area contributed by atoms with Crippen molar-refractivity contribution in [2.24, 2.45) is 0 Å². The van der Waals surface area contributed by atoms with Gasteiger partial charge in [0.2, 0.25) is 0 Å². The average molecular weight is 280 g/mol. The summed E-state index contributed by atoms with van der Waals surface area (Å²) in [5, 5.41) is 0. The van der Waals surface area contributed by atoms with Crippen LogP contribution in [0.4, 0.5) is 0 Å². The van der Waals surface area contributed by atoms with Crippen molar-refractivity contribution in [3.05, 3.63) is 113 Å². The Labute approximate surface area is 130 Å². The van der Waals surface area contributed by atoms with Gasteiger partial charge < -0.3 is 0 Å². The van der Waals surface area contributed by atoms with Crippen LogP contribution in [-0.2, 0) is 5.41 Å². The summed E-state index contributed by atoms with van der Waals surface area (Å²) in [5.74, 6) is 0. The molecule has 0 radical (unpaired) electrons. The van der Waals surface area contributed by atoms with Crippen LogP contribution in [0.5, 0.6) is 0 Å². The molecule has 5 rings (SSSR count). The second-order valence-electron chi connectivity index (χ2n) is 6.14. The first-order valence-electron chi connectivity index (χ1n) is 7.88. The summed E-state index contributed by atoms with van der Waals surface area (Å²) in [6, 6.07) is 8.88. The second kappa shape index (κ2) is 4.20. The molecule has 1 unspecified atom stereocenters. The maximum absolute atomic E-state index is 2.36. The van der Waals surface area contributed by atoms with E-state index in [1.807, 2.05) is 0 Å². The quantitative estimate of drug-likeness (QED) is 0.612. The third-order valence-electron chi connectivity index (χ3n) is 5.12. The highest BCUT2D eigenvalue weighted by Gasteiger charge is 2.44. The van der Waals surface area contributed by atoms with E-state index in [0.29, 0.717) is 0 Å². The third kappa shape index (κ3) is 1.33. The van der Waals surface area contributed by atoms with Crippen LogP contribution < -0.4 is 0 Å². The molecule has 0 heteroatoms. The SMILES string of the molecule is C1=CC2=CC=CC3=C4C=CCC=C4c4ccccc4C23C=C1. The molecule has 0 nitrogen and oxygen atoms in total. The molecule has 0 saturated heterocycles. The number of allylic oxidation sites excluding steroid dienone is 14. The van der Waals surface area contributed by atoms with Crippen molar-refractivity contribution in [1.82, 2.24) is 0 Å². The highest BCUT2D eigenvalue weighted by atomic mass is 14.5. The van der Waals surface area contributed by atoms with Gasteiger partial charge >= 0.3 is 0 Å². The number of rotatable bonds is 0. The Morgan fingerprint density at radius 1 is 0.909 bits per heavy atom. The van der Waals surface area contributed by atoms with E-state index in [9.17, 15) is 0 Å². The third-order valence-corrected chi connectivity index (χ3v) is 5.12. The first kappa shape index (κ1) is 12.0.